The van der Waals surface area contributed by atoms with Gasteiger partial charge >= 0.3 is 0 Å². The fourth-order valence-corrected chi connectivity index (χ4v) is 3.66. The fourth-order valence-electron chi connectivity index (χ4n) is 3.66. The molecule has 1 saturated carbocycles. The molecule has 0 aromatic rings. The minimum absolute atomic E-state index is 0.0424. The molecule has 0 aliphatic heterocycles. The van der Waals surface area contributed by atoms with E-state index in [1.165, 1.54) is 0 Å². The van der Waals surface area contributed by atoms with Crippen molar-refractivity contribution in [2.24, 2.45) is 11.3 Å². The highest BCUT2D eigenvalue weighted by molar-refractivity contribution is 5.09. The summed E-state index contributed by atoms with van der Waals surface area (Å²) in [5, 5.41) is 30.4. The molecule has 4 unspecified atom stereocenters. The number of aliphatic hydroxyl groups is 3. The van der Waals surface area contributed by atoms with Gasteiger partial charge in [-0.3, -0.25) is 0 Å². The molecule has 3 N–H and O–H groups in total. The van der Waals surface area contributed by atoms with Crippen LogP contribution in [0.4, 0.5) is 0 Å². The van der Waals surface area contributed by atoms with Crippen LogP contribution in [0.2, 0.25) is 0 Å². The summed E-state index contributed by atoms with van der Waals surface area (Å²) < 4.78 is 0. The lowest BCUT2D eigenvalue weighted by molar-refractivity contribution is -0.111. The Labute approximate surface area is 123 Å². The first-order valence-corrected chi connectivity index (χ1v) is 7.96. The van der Waals surface area contributed by atoms with Gasteiger partial charge in [0, 0.05) is 12.3 Å². The molecule has 0 saturated heterocycles. The van der Waals surface area contributed by atoms with Crippen molar-refractivity contribution in [2.45, 2.75) is 84.0 Å². The first kappa shape index (κ1) is 17.7. The Hall–Kier alpha value is -0.380. The second-order valence-electron chi connectivity index (χ2n) is 7.33. The van der Waals surface area contributed by atoms with E-state index >= 15 is 0 Å². The van der Waals surface area contributed by atoms with E-state index in [1.807, 2.05) is 12.2 Å². The van der Waals surface area contributed by atoms with Gasteiger partial charge in [-0.25, -0.2) is 0 Å². The van der Waals surface area contributed by atoms with Crippen molar-refractivity contribution in [2.75, 3.05) is 0 Å². The van der Waals surface area contributed by atoms with Crippen molar-refractivity contribution in [3.05, 3.63) is 12.2 Å². The number of hydrogen-bond donors (Lipinski definition) is 3. The Morgan fingerprint density at radius 2 is 1.85 bits per heavy atom. The van der Waals surface area contributed by atoms with Crippen molar-refractivity contribution in [1.29, 1.82) is 0 Å². The lowest BCUT2D eigenvalue weighted by atomic mass is 9.61. The average Bonchev–Trinajstić information content (AvgIpc) is 2.25. The average molecular weight is 284 g/mol. The number of rotatable bonds is 6. The van der Waals surface area contributed by atoms with Crippen molar-refractivity contribution in [3.63, 3.8) is 0 Å². The van der Waals surface area contributed by atoms with Gasteiger partial charge in [-0.05, 0) is 25.2 Å². The molecule has 1 aliphatic carbocycles. The predicted molar refractivity (Wildman–Crippen MR) is 82.4 cm³/mol. The first-order valence-electron chi connectivity index (χ1n) is 7.96. The van der Waals surface area contributed by atoms with Gasteiger partial charge < -0.3 is 15.3 Å². The summed E-state index contributed by atoms with van der Waals surface area (Å²) in [7, 11) is 0. The Morgan fingerprint density at radius 3 is 2.40 bits per heavy atom. The molecule has 4 atom stereocenters. The first-order chi connectivity index (χ1) is 9.19. The summed E-state index contributed by atoms with van der Waals surface area (Å²) in [4.78, 5) is 0. The summed E-state index contributed by atoms with van der Waals surface area (Å²) in [5.74, 6) is -0.0424. The van der Waals surface area contributed by atoms with Crippen LogP contribution < -0.4 is 0 Å². The van der Waals surface area contributed by atoms with E-state index in [1.54, 1.807) is 6.92 Å². The molecule has 0 aromatic heterocycles. The van der Waals surface area contributed by atoms with Gasteiger partial charge in [0.2, 0.25) is 0 Å². The fraction of sp³-hybridized carbons (Fsp3) is 0.882. The topological polar surface area (TPSA) is 60.7 Å². The largest absolute Gasteiger partial charge is 0.393 e. The maximum atomic E-state index is 10.6. The van der Waals surface area contributed by atoms with Gasteiger partial charge in [0.15, 0.2) is 0 Å². The molecule has 0 radical (unpaired) electrons. The molecule has 118 valence electrons. The Bertz CT molecular complexity index is 302. The van der Waals surface area contributed by atoms with Crippen LogP contribution in [-0.4, -0.2) is 33.1 Å². The van der Waals surface area contributed by atoms with E-state index in [-0.39, 0.29) is 11.3 Å². The zero-order valence-corrected chi connectivity index (χ0v) is 13.5. The monoisotopic (exact) mass is 284 g/mol. The highest BCUT2D eigenvalue weighted by atomic mass is 16.3. The molecule has 0 heterocycles. The third-order valence-corrected chi connectivity index (χ3v) is 4.55. The molecule has 0 amide bonds. The van der Waals surface area contributed by atoms with Gasteiger partial charge in [-0.1, -0.05) is 52.2 Å². The molecule has 0 bridgehead atoms. The molecule has 20 heavy (non-hydrogen) atoms. The third kappa shape index (κ3) is 4.87. The van der Waals surface area contributed by atoms with E-state index in [2.05, 4.69) is 20.8 Å². The Kier molecular flexibility index (Phi) is 6.24. The zero-order valence-electron chi connectivity index (χ0n) is 13.5. The van der Waals surface area contributed by atoms with Crippen molar-refractivity contribution in [1.82, 2.24) is 0 Å². The summed E-state index contributed by atoms with van der Waals surface area (Å²) in [6.45, 7) is 8.08. The van der Waals surface area contributed by atoms with Gasteiger partial charge in [0.25, 0.3) is 0 Å². The minimum Gasteiger partial charge on any atom is -0.393 e. The van der Waals surface area contributed by atoms with E-state index < -0.39 is 17.8 Å². The smallest absolute Gasteiger partial charge is 0.0721 e. The Morgan fingerprint density at radius 1 is 1.20 bits per heavy atom. The lowest BCUT2D eigenvalue weighted by Gasteiger charge is -2.48. The van der Waals surface area contributed by atoms with Crippen LogP contribution in [0.3, 0.4) is 0 Å². The van der Waals surface area contributed by atoms with Crippen LogP contribution in [0.15, 0.2) is 12.2 Å². The van der Waals surface area contributed by atoms with Crippen LogP contribution in [0.5, 0.6) is 0 Å². The second-order valence-corrected chi connectivity index (χ2v) is 7.33. The maximum Gasteiger partial charge on any atom is 0.0721 e. The molecule has 1 fully saturated rings. The summed E-state index contributed by atoms with van der Waals surface area (Å²) in [5.41, 5.74) is -1.08. The molecule has 3 heteroatoms. The van der Waals surface area contributed by atoms with Crippen LogP contribution in [-0.2, 0) is 0 Å². The quantitative estimate of drug-likeness (QED) is 0.519. The summed E-state index contributed by atoms with van der Waals surface area (Å²) in [6.07, 6.45) is 8.10. The highest BCUT2D eigenvalue weighted by Gasteiger charge is 2.47. The minimum atomic E-state index is -0.916. The van der Waals surface area contributed by atoms with Gasteiger partial charge in [0.1, 0.15) is 0 Å². The third-order valence-electron chi connectivity index (χ3n) is 4.55. The molecule has 0 spiro atoms. The standard InChI is InChI=1S/C17H32O3/c1-5-6-7-8-13(18)9-10-15-16(2,3)11-14(19)12-17(15,4)20/h9-10,13-15,18-20H,5-8,11-12H2,1-4H3. The molecule has 1 rings (SSSR count). The molecule has 1 aliphatic rings. The molecule has 0 aromatic carbocycles. The second kappa shape index (κ2) is 7.06. The predicted octanol–water partition coefficient (Wildman–Crippen LogP) is 3.03. The van der Waals surface area contributed by atoms with Gasteiger partial charge in [-0.15, -0.1) is 0 Å². The van der Waals surface area contributed by atoms with Gasteiger partial charge in [0.05, 0.1) is 17.8 Å². The molecule has 3 nitrogen and oxygen atoms in total. The lowest BCUT2D eigenvalue weighted by Crippen LogP contribution is -2.50. The van der Waals surface area contributed by atoms with Crippen LogP contribution >= 0.6 is 0 Å². The number of unbranched alkanes of at least 4 members (excludes halogenated alkanes) is 2. The summed E-state index contributed by atoms with van der Waals surface area (Å²) in [6, 6.07) is 0. The normalized spacial score (nSPS) is 35.4. The van der Waals surface area contributed by atoms with E-state index in [4.69, 9.17) is 0 Å². The summed E-state index contributed by atoms with van der Waals surface area (Å²) >= 11 is 0. The van der Waals surface area contributed by atoms with Crippen LogP contribution in [0, 0.1) is 11.3 Å². The van der Waals surface area contributed by atoms with Crippen LogP contribution in [0.1, 0.15) is 66.2 Å². The molecular weight excluding hydrogens is 252 g/mol. The maximum absolute atomic E-state index is 10.6. The van der Waals surface area contributed by atoms with Crippen molar-refractivity contribution < 1.29 is 15.3 Å². The van der Waals surface area contributed by atoms with Gasteiger partial charge in [-0.2, -0.15) is 0 Å². The van der Waals surface area contributed by atoms with Crippen LogP contribution in [0.25, 0.3) is 0 Å². The van der Waals surface area contributed by atoms with E-state index in [9.17, 15) is 15.3 Å². The number of hydrogen-bond acceptors (Lipinski definition) is 3. The SMILES string of the molecule is CCCCCC(O)C=CC1C(C)(C)CC(O)CC1(C)O. The zero-order chi connectivity index (χ0) is 15.4. The van der Waals surface area contributed by atoms with Crippen molar-refractivity contribution in [3.8, 4) is 0 Å². The van der Waals surface area contributed by atoms with E-state index in [0.717, 1.165) is 25.7 Å². The Balaban J connectivity index is 2.67. The highest BCUT2D eigenvalue weighted by Crippen LogP contribution is 2.46. The molecular formula is C17H32O3. The van der Waals surface area contributed by atoms with E-state index in [0.29, 0.717) is 12.8 Å². The van der Waals surface area contributed by atoms with Crippen molar-refractivity contribution >= 4 is 0 Å². The number of aliphatic hydroxyl groups excluding tert-OH is 2.